The standard InChI is InChI=1S/C39H52N10O13P2Si/c1-22-29-25(58-37(22)48-20-42-27-32(40-19-41-33(27)48)46-35(50)24-11-9-8-10-12-24)17-56-63(52,47-13-15-55-16-14-47)60-31-30(62-65(6,7)39(3,4)5)26(18-57-64(53,54)61-29)59-38(31)49-21-43-28-34(49)44-23(2)45-36(28)51/h8-12,19-22,25-26,29-31,37-38H,13-18H2,1-7H3,(H,53,54)(H,44,45,51)(H,40,41,46,50)/t22-,25+,26+,29?,30?,31-,37+,38+,63?/m0/s1. The number of carbonyl (C=O) groups excluding carboxylic acids is 1. The Hall–Kier alpha value is -4.13. The van der Waals surface area contributed by atoms with Crippen molar-refractivity contribution in [3.8, 4) is 0 Å². The molecule has 0 spiro atoms. The Labute approximate surface area is 373 Å². The van der Waals surface area contributed by atoms with E-state index in [0.717, 1.165) is 0 Å². The van der Waals surface area contributed by atoms with Crippen LogP contribution in [0.25, 0.3) is 22.3 Å². The third kappa shape index (κ3) is 8.93. The first-order valence-electron chi connectivity index (χ1n) is 21.2. The quantitative estimate of drug-likeness (QED) is 0.147. The summed E-state index contributed by atoms with van der Waals surface area (Å²) < 4.78 is 85.5. The number of rotatable bonds is 7. The lowest BCUT2D eigenvalue weighted by molar-refractivity contribution is -0.0674. The van der Waals surface area contributed by atoms with Crippen LogP contribution >= 0.6 is 15.6 Å². The zero-order chi connectivity index (χ0) is 46.1. The van der Waals surface area contributed by atoms with Crippen molar-refractivity contribution in [2.24, 2.45) is 5.92 Å². The minimum absolute atomic E-state index is 0.0215. The molecule has 4 fully saturated rings. The number of hydrogen-bond acceptors (Lipinski definition) is 17. The van der Waals surface area contributed by atoms with Crippen LogP contribution in [0.15, 0.2) is 54.1 Å². The molecule has 0 saturated carbocycles. The van der Waals surface area contributed by atoms with Gasteiger partial charge in [0.1, 0.15) is 48.9 Å². The van der Waals surface area contributed by atoms with Gasteiger partial charge in [-0.1, -0.05) is 45.9 Å². The van der Waals surface area contributed by atoms with E-state index in [1.54, 1.807) is 53.4 Å². The summed E-state index contributed by atoms with van der Waals surface area (Å²) >= 11 is 0. The summed E-state index contributed by atoms with van der Waals surface area (Å²) in [5.74, 6) is -0.656. The Balaban J connectivity index is 1.09. The van der Waals surface area contributed by atoms with Gasteiger partial charge in [0.25, 0.3) is 11.5 Å². The molecule has 4 aromatic heterocycles. The molecule has 0 aliphatic carbocycles. The van der Waals surface area contributed by atoms with E-state index in [1.807, 2.05) is 33.9 Å². The van der Waals surface area contributed by atoms with Crippen LogP contribution in [-0.2, 0) is 45.9 Å². The average molecular weight is 959 g/mol. The Bertz CT molecular complexity index is 2730. The zero-order valence-corrected chi connectivity index (χ0v) is 39.6. The maximum absolute atomic E-state index is 15.7. The van der Waals surface area contributed by atoms with Gasteiger partial charge in [-0.15, -0.1) is 0 Å². The van der Waals surface area contributed by atoms with E-state index in [1.165, 1.54) is 23.5 Å². The first-order valence-corrected chi connectivity index (χ1v) is 27.1. The average Bonchev–Trinajstić information content (AvgIpc) is 4.03. The largest absolute Gasteiger partial charge is 0.472 e. The number of nitrogens with one attached hydrogen (secondary N) is 2. The zero-order valence-electron chi connectivity index (χ0n) is 36.8. The summed E-state index contributed by atoms with van der Waals surface area (Å²) in [4.78, 5) is 62.3. The van der Waals surface area contributed by atoms with Crippen molar-refractivity contribution in [1.29, 1.82) is 0 Å². The fourth-order valence-corrected chi connectivity index (χ4v) is 12.3. The minimum atomic E-state index is -4.97. The monoisotopic (exact) mass is 958 g/mol. The molecule has 65 heavy (non-hydrogen) atoms. The van der Waals surface area contributed by atoms with Crippen molar-refractivity contribution in [3.63, 3.8) is 0 Å². The van der Waals surface area contributed by atoms with Gasteiger partial charge in [0, 0.05) is 24.6 Å². The number of aromatic amines is 1. The van der Waals surface area contributed by atoms with E-state index >= 15 is 4.57 Å². The molecule has 4 unspecified atom stereocenters. The molecule has 5 aromatic rings. The van der Waals surface area contributed by atoms with Crippen molar-refractivity contribution in [1.82, 2.24) is 43.7 Å². The summed E-state index contributed by atoms with van der Waals surface area (Å²) in [5.41, 5.74) is 0.648. The number of imidazole rings is 2. The predicted molar refractivity (Wildman–Crippen MR) is 233 cm³/mol. The second-order valence-electron chi connectivity index (χ2n) is 17.9. The molecule has 1 aromatic carbocycles. The molecule has 1 amide bonds. The van der Waals surface area contributed by atoms with Crippen LogP contribution in [0, 0.1) is 12.8 Å². The number of nitrogens with zero attached hydrogens (tertiary/aromatic N) is 8. The normalized spacial score (nSPS) is 31.9. The molecule has 26 heteroatoms. The fraction of sp³-hybridized carbons (Fsp3) is 0.564. The number of phosphoric acid groups is 1. The molecule has 4 aliphatic rings. The first-order chi connectivity index (χ1) is 30.8. The first kappa shape index (κ1) is 46.0. The molecule has 4 saturated heterocycles. The van der Waals surface area contributed by atoms with Crippen LogP contribution in [0.4, 0.5) is 5.82 Å². The van der Waals surface area contributed by atoms with Crippen LogP contribution in [0.2, 0.25) is 18.1 Å². The molecular formula is C39H52N10O13P2Si. The van der Waals surface area contributed by atoms with Gasteiger partial charge < -0.3 is 33.8 Å². The summed E-state index contributed by atoms with van der Waals surface area (Å²) in [6.07, 6.45) is -3.86. The molecule has 10 atom stereocenters. The number of aromatic nitrogens is 8. The smallest absolute Gasteiger partial charge is 0.408 e. The molecule has 4 aliphatic heterocycles. The molecule has 2 bridgehead atoms. The number of H-pyrrole nitrogens is 1. The van der Waals surface area contributed by atoms with Crippen LogP contribution in [-0.4, -0.2) is 133 Å². The Morgan fingerprint density at radius 1 is 0.908 bits per heavy atom. The number of ether oxygens (including phenoxy) is 3. The number of anilines is 1. The number of carbonyl (C=O) groups is 1. The van der Waals surface area contributed by atoms with Crippen LogP contribution in [0.1, 0.15) is 56.3 Å². The van der Waals surface area contributed by atoms with Crippen LogP contribution in [0.5, 0.6) is 0 Å². The number of fused-ring (bicyclic) bond motifs is 5. The highest BCUT2D eigenvalue weighted by Crippen LogP contribution is 2.59. The number of aryl methyl sites for hydroxylation is 1. The number of benzene rings is 1. The van der Waals surface area contributed by atoms with Crippen molar-refractivity contribution in [2.45, 2.75) is 95.7 Å². The topological polar surface area (TPSA) is 268 Å². The molecule has 23 nitrogen and oxygen atoms in total. The number of amides is 1. The van der Waals surface area contributed by atoms with E-state index < -0.39 is 97.5 Å². The van der Waals surface area contributed by atoms with Crippen molar-refractivity contribution >= 4 is 57.9 Å². The highest BCUT2D eigenvalue weighted by Gasteiger charge is 2.57. The molecule has 3 N–H and O–H groups in total. The Kier molecular flexibility index (Phi) is 12.4. The van der Waals surface area contributed by atoms with E-state index in [4.69, 9.17) is 36.7 Å². The summed E-state index contributed by atoms with van der Waals surface area (Å²) in [5, 5.41) is 2.44. The van der Waals surface area contributed by atoms with Gasteiger partial charge in [0.05, 0.1) is 39.1 Å². The van der Waals surface area contributed by atoms with Gasteiger partial charge in [-0.05, 0) is 37.2 Å². The van der Waals surface area contributed by atoms with Gasteiger partial charge in [0.2, 0.25) is 0 Å². The number of phosphoric ester groups is 1. The Morgan fingerprint density at radius 3 is 2.31 bits per heavy atom. The van der Waals surface area contributed by atoms with E-state index in [2.05, 4.69) is 35.2 Å². The predicted octanol–water partition coefficient (Wildman–Crippen LogP) is 4.70. The summed E-state index contributed by atoms with van der Waals surface area (Å²) in [6, 6.07) is 8.62. The number of hydrogen-bond donors (Lipinski definition) is 3. The maximum Gasteiger partial charge on any atom is 0.472 e. The molecular weight excluding hydrogens is 907 g/mol. The van der Waals surface area contributed by atoms with Gasteiger partial charge in [-0.3, -0.25) is 36.8 Å². The lowest BCUT2D eigenvalue weighted by atomic mass is 10.0. The third-order valence-electron chi connectivity index (χ3n) is 12.5. The van der Waals surface area contributed by atoms with Crippen LogP contribution in [0.3, 0.4) is 0 Å². The maximum atomic E-state index is 15.7. The second-order valence-corrected chi connectivity index (χ2v) is 26.0. The molecule has 350 valence electrons. The molecule has 8 heterocycles. The van der Waals surface area contributed by atoms with E-state index in [-0.39, 0.29) is 59.5 Å². The van der Waals surface area contributed by atoms with E-state index in [9.17, 15) is 19.0 Å². The lowest BCUT2D eigenvalue weighted by Crippen LogP contribution is -2.50. The van der Waals surface area contributed by atoms with Crippen LogP contribution < -0.4 is 10.9 Å². The Morgan fingerprint density at radius 2 is 1.58 bits per heavy atom. The van der Waals surface area contributed by atoms with Gasteiger partial charge >= 0.3 is 15.6 Å². The highest BCUT2D eigenvalue weighted by atomic mass is 31.2. The lowest BCUT2D eigenvalue weighted by Gasteiger charge is -2.41. The number of morpholine rings is 1. The van der Waals surface area contributed by atoms with Crippen molar-refractivity contribution in [2.75, 3.05) is 44.8 Å². The highest BCUT2D eigenvalue weighted by molar-refractivity contribution is 7.51. The third-order valence-corrected chi connectivity index (χ3v) is 20.1. The fourth-order valence-electron chi connectivity index (χ4n) is 8.11. The van der Waals surface area contributed by atoms with Gasteiger partial charge in [0.15, 0.2) is 42.7 Å². The minimum Gasteiger partial charge on any atom is -0.408 e. The summed E-state index contributed by atoms with van der Waals surface area (Å²) in [6.45, 7) is 13.3. The second kappa shape index (κ2) is 17.5. The van der Waals surface area contributed by atoms with Gasteiger partial charge in [-0.25, -0.2) is 38.7 Å². The van der Waals surface area contributed by atoms with Gasteiger partial charge in [-0.2, -0.15) is 0 Å². The van der Waals surface area contributed by atoms with Crippen molar-refractivity contribution in [3.05, 3.63) is 71.1 Å². The molecule has 0 radical (unpaired) electrons. The SMILES string of the molecule is Cc1nc2c(ncn2[C@@H]2O[C@@H]3COP(=O)(O)OC4[C@@H](COP(=O)(N5CCOCC5)O[C@H]2C3O[Si](C)(C)C(C)(C)C)O[C@@H](n2cnc3c(NC(=O)c5ccccc5)ncnc32)[C@H]4C)c(=O)[nH]1. The van der Waals surface area contributed by atoms with Crippen molar-refractivity contribution < 1.29 is 55.5 Å². The molecule has 9 rings (SSSR count). The van der Waals surface area contributed by atoms with E-state index in [0.29, 0.717) is 11.4 Å². The summed E-state index contributed by atoms with van der Waals surface area (Å²) in [7, 11) is -12.1.